The van der Waals surface area contributed by atoms with E-state index in [0.29, 0.717) is 0 Å². The van der Waals surface area contributed by atoms with Crippen molar-refractivity contribution < 1.29 is 10.2 Å². The molecule has 0 aliphatic carbocycles. The molecule has 1 unspecified atom stereocenters. The number of phenolic OH excluding ortho intramolecular Hbond substituents is 1. The predicted molar refractivity (Wildman–Crippen MR) is 51.0 cm³/mol. The van der Waals surface area contributed by atoms with E-state index in [-0.39, 0.29) is 11.3 Å². The van der Waals surface area contributed by atoms with E-state index in [9.17, 15) is 10.2 Å². The van der Waals surface area contributed by atoms with Gasteiger partial charge in [-0.1, -0.05) is 30.7 Å². The number of terminal acetylenes is 1. The lowest BCUT2D eigenvalue weighted by Gasteiger charge is -2.18. The summed E-state index contributed by atoms with van der Waals surface area (Å²) < 4.78 is 0. The third kappa shape index (κ3) is 1.56. The molecule has 1 rings (SSSR count). The molecule has 0 fully saturated rings. The molecule has 66 valence electrons. The van der Waals surface area contributed by atoms with Crippen LogP contribution in [0.25, 0.3) is 0 Å². The van der Waals surface area contributed by atoms with Gasteiger partial charge in [-0.3, -0.25) is 0 Å². The van der Waals surface area contributed by atoms with Crippen LogP contribution in [0.5, 0.6) is 5.75 Å². The van der Waals surface area contributed by atoms with Crippen molar-refractivity contribution in [3.63, 3.8) is 0 Å². The molecule has 0 aromatic heterocycles. The van der Waals surface area contributed by atoms with E-state index < -0.39 is 5.60 Å². The number of rotatable bonds is 2. The Kier molecular flexibility index (Phi) is 2.41. The van der Waals surface area contributed by atoms with E-state index in [1.165, 1.54) is 12.1 Å². The summed E-state index contributed by atoms with van der Waals surface area (Å²) in [5.41, 5.74) is -1.32. The molecule has 0 aliphatic rings. The van der Waals surface area contributed by atoms with Crippen LogP contribution in [-0.2, 0) is 5.60 Å². The van der Waals surface area contributed by atoms with Gasteiger partial charge in [-0.05, 0) is 12.1 Å². The van der Waals surface area contributed by atoms with Gasteiger partial charge in [-0.2, -0.15) is 0 Å². The number of hydrogen-bond acceptors (Lipinski definition) is 2. The van der Waals surface area contributed by atoms with Crippen LogP contribution in [0.4, 0.5) is 0 Å². The third-order valence-electron chi connectivity index (χ3n) is 1.83. The zero-order valence-electron chi connectivity index (χ0n) is 7.07. The minimum absolute atomic E-state index is 0.0390. The Morgan fingerprint density at radius 3 is 2.54 bits per heavy atom. The van der Waals surface area contributed by atoms with Gasteiger partial charge in [0.1, 0.15) is 5.75 Å². The molecule has 1 atom stereocenters. The molecule has 0 heterocycles. The monoisotopic (exact) mass is 174 g/mol. The first-order valence-corrected chi connectivity index (χ1v) is 3.76. The Balaban J connectivity index is 3.30. The SMILES string of the molecule is C#CC(O)(C=C)c1ccccc1O. The summed E-state index contributed by atoms with van der Waals surface area (Å²) in [6.07, 6.45) is 6.35. The molecule has 0 saturated heterocycles. The summed E-state index contributed by atoms with van der Waals surface area (Å²) >= 11 is 0. The standard InChI is InChI=1S/C11H10O2/c1-3-11(13,4-2)9-7-5-6-8-10(9)12/h1,4-8,12-13H,2H2. The highest BCUT2D eigenvalue weighted by Gasteiger charge is 2.24. The summed E-state index contributed by atoms with van der Waals surface area (Å²) in [7, 11) is 0. The predicted octanol–water partition coefficient (Wildman–Crippen LogP) is 1.40. The fraction of sp³-hybridized carbons (Fsp3) is 0.0909. The van der Waals surface area contributed by atoms with Gasteiger partial charge in [0, 0.05) is 5.56 Å². The van der Waals surface area contributed by atoms with Crippen molar-refractivity contribution in [3.05, 3.63) is 42.5 Å². The molecule has 0 saturated carbocycles. The van der Waals surface area contributed by atoms with Crippen molar-refractivity contribution in [2.75, 3.05) is 0 Å². The van der Waals surface area contributed by atoms with Crippen molar-refractivity contribution in [1.82, 2.24) is 0 Å². The Labute approximate surface area is 77.2 Å². The molecular formula is C11H10O2. The lowest BCUT2D eigenvalue weighted by molar-refractivity contribution is 0.151. The topological polar surface area (TPSA) is 40.5 Å². The zero-order chi connectivity index (χ0) is 9.90. The van der Waals surface area contributed by atoms with E-state index in [4.69, 9.17) is 6.42 Å². The van der Waals surface area contributed by atoms with Crippen LogP contribution in [0, 0.1) is 12.3 Å². The van der Waals surface area contributed by atoms with Gasteiger partial charge < -0.3 is 10.2 Å². The minimum Gasteiger partial charge on any atom is -0.508 e. The van der Waals surface area contributed by atoms with Gasteiger partial charge in [-0.25, -0.2) is 0 Å². The van der Waals surface area contributed by atoms with E-state index in [1.54, 1.807) is 18.2 Å². The molecular weight excluding hydrogens is 164 g/mol. The van der Waals surface area contributed by atoms with Crippen LogP contribution in [-0.4, -0.2) is 10.2 Å². The molecule has 13 heavy (non-hydrogen) atoms. The molecule has 0 bridgehead atoms. The molecule has 1 aromatic rings. The van der Waals surface area contributed by atoms with Gasteiger partial charge in [0.25, 0.3) is 0 Å². The number of aliphatic hydroxyl groups is 1. The first-order valence-electron chi connectivity index (χ1n) is 3.76. The van der Waals surface area contributed by atoms with E-state index >= 15 is 0 Å². The second-order valence-corrected chi connectivity index (χ2v) is 2.63. The first-order chi connectivity index (χ1) is 6.14. The van der Waals surface area contributed by atoms with Gasteiger partial charge in [0.15, 0.2) is 5.60 Å². The van der Waals surface area contributed by atoms with Crippen LogP contribution in [0.3, 0.4) is 0 Å². The highest BCUT2D eigenvalue weighted by molar-refractivity contribution is 5.44. The third-order valence-corrected chi connectivity index (χ3v) is 1.83. The molecule has 0 amide bonds. The highest BCUT2D eigenvalue weighted by Crippen LogP contribution is 2.29. The van der Waals surface area contributed by atoms with Crippen LogP contribution in [0.1, 0.15) is 5.56 Å². The largest absolute Gasteiger partial charge is 0.508 e. The number of benzene rings is 1. The summed E-state index contributed by atoms with van der Waals surface area (Å²) in [6, 6.07) is 6.34. The van der Waals surface area contributed by atoms with Gasteiger partial charge in [-0.15, -0.1) is 6.42 Å². The fourth-order valence-corrected chi connectivity index (χ4v) is 1.04. The van der Waals surface area contributed by atoms with Crippen LogP contribution in [0.2, 0.25) is 0 Å². The Morgan fingerprint density at radius 2 is 2.08 bits per heavy atom. The fourth-order valence-electron chi connectivity index (χ4n) is 1.04. The highest BCUT2D eigenvalue weighted by atomic mass is 16.3. The Bertz CT molecular complexity index is 363. The maximum absolute atomic E-state index is 9.77. The summed E-state index contributed by atoms with van der Waals surface area (Å²) in [5.74, 6) is 2.12. The maximum atomic E-state index is 9.77. The first kappa shape index (κ1) is 9.37. The Hall–Kier alpha value is -1.72. The van der Waals surface area contributed by atoms with E-state index in [0.717, 1.165) is 0 Å². The average Bonchev–Trinajstić information content (AvgIpc) is 2.17. The van der Waals surface area contributed by atoms with Crippen molar-refractivity contribution in [2.45, 2.75) is 5.60 Å². The summed E-state index contributed by atoms with van der Waals surface area (Å²) in [5, 5.41) is 19.2. The molecule has 2 nitrogen and oxygen atoms in total. The van der Waals surface area contributed by atoms with Crippen molar-refractivity contribution >= 4 is 0 Å². The lowest BCUT2D eigenvalue weighted by atomic mass is 9.94. The second kappa shape index (κ2) is 3.34. The smallest absolute Gasteiger partial charge is 0.172 e. The van der Waals surface area contributed by atoms with Gasteiger partial charge in [0.2, 0.25) is 0 Å². The summed E-state index contributed by atoms with van der Waals surface area (Å²) in [6.45, 7) is 3.42. The van der Waals surface area contributed by atoms with Crippen LogP contribution in [0.15, 0.2) is 36.9 Å². The molecule has 1 aromatic carbocycles. The number of phenols is 1. The number of aromatic hydroxyl groups is 1. The molecule has 0 radical (unpaired) electrons. The van der Waals surface area contributed by atoms with Gasteiger partial charge in [0.05, 0.1) is 0 Å². The van der Waals surface area contributed by atoms with Gasteiger partial charge >= 0.3 is 0 Å². The lowest BCUT2D eigenvalue weighted by Crippen LogP contribution is -2.19. The number of para-hydroxylation sites is 1. The molecule has 0 spiro atoms. The van der Waals surface area contributed by atoms with E-state index in [2.05, 4.69) is 12.5 Å². The molecule has 0 aliphatic heterocycles. The van der Waals surface area contributed by atoms with Crippen LogP contribution >= 0.6 is 0 Å². The average molecular weight is 174 g/mol. The van der Waals surface area contributed by atoms with Crippen molar-refractivity contribution in [1.29, 1.82) is 0 Å². The maximum Gasteiger partial charge on any atom is 0.172 e. The molecule has 2 N–H and O–H groups in total. The zero-order valence-corrected chi connectivity index (χ0v) is 7.07. The normalized spacial score (nSPS) is 14.2. The second-order valence-electron chi connectivity index (χ2n) is 2.63. The molecule has 2 heteroatoms. The number of hydrogen-bond donors (Lipinski definition) is 2. The quantitative estimate of drug-likeness (QED) is 0.525. The minimum atomic E-state index is -1.59. The van der Waals surface area contributed by atoms with Crippen molar-refractivity contribution in [2.24, 2.45) is 0 Å². The van der Waals surface area contributed by atoms with Crippen molar-refractivity contribution in [3.8, 4) is 18.1 Å². The van der Waals surface area contributed by atoms with Crippen LogP contribution < -0.4 is 0 Å². The van der Waals surface area contributed by atoms with E-state index in [1.807, 2.05) is 0 Å². The Morgan fingerprint density at radius 1 is 1.46 bits per heavy atom. The summed E-state index contributed by atoms with van der Waals surface area (Å²) in [4.78, 5) is 0.